The van der Waals surface area contributed by atoms with Crippen molar-refractivity contribution in [2.75, 3.05) is 7.05 Å². The normalized spacial score (nSPS) is 10.9. The quantitative estimate of drug-likeness (QED) is 0.746. The molecule has 0 saturated heterocycles. The zero-order chi connectivity index (χ0) is 9.26. The first-order chi connectivity index (χ1) is 6.31. The van der Waals surface area contributed by atoms with Gasteiger partial charge in [0.1, 0.15) is 5.65 Å². The summed E-state index contributed by atoms with van der Waals surface area (Å²) in [5.41, 5.74) is 3.34. The topological polar surface area (TPSA) is 29.3 Å². The lowest BCUT2D eigenvalue weighted by molar-refractivity contribution is 0.816. The van der Waals surface area contributed by atoms with Gasteiger partial charge in [-0.3, -0.25) is 0 Å². The van der Waals surface area contributed by atoms with Crippen molar-refractivity contribution in [2.45, 2.75) is 13.5 Å². The van der Waals surface area contributed by atoms with Gasteiger partial charge in [0.15, 0.2) is 0 Å². The number of rotatable bonds is 2. The highest BCUT2D eigenvalue weighted by Gasteiger charge is 2.01. The molecule has 3 heteroatoms. The first kappa shape index (κ1) is 8.26. The summed E-state index contributed by atoms with van der Waals surface area (Å²) in [4.78, 5) is 4.45. The van der Waals surface area contributed by atoms with Crippen LogP contribution in [0.5, 0.6) is 0 Å². The Bertz CT molecular complexity index is 417. The van der Waals surface area contributed by atoms with Crippen LogP contribution in [-0.4, -0.2) is 16.4 Å². The summed E-state index contributed by atoms with van der Waals surface area (Å²) < 4.78 is 2.06. The molecule has 0 fully saturated rings. The van der Waals surface area contributed by atoms with E-state index in [0.29, 0.717) is 0 Å². The van der Waals surface area contributed by atoms with E-state index >= 15 is 0 Å². The molecule has 0 bridgehead atoms. The van der Waals surface area contributed by atoms with E-state index in [9.17, 15) is 0 Å². The fraction of sp³-hybridized carbons (Fsp3) is 0.300. The van der Waals surface area contributed by atoms with Crippen LogP contribution in [-0.2, 0) is 6.54 Å². The van der Waals surface area contributed by atoms with E-state index in [4.69, 9.17) is 0 Å². The lowest BCUT2D eigenvalue weighted by atomic mass is 10.2. The van der Waals surface area contributed by atoms with Crippen LogP contribution in [0.4, 0.5) is 0 Å². The zero-order valence-electron chi connectivity index (χ0n) is 7.91. The average molecular weight is 175 g/mol. The fourth-order valence-corrected chi connectivity index (χ4v) is 1.52. The van der Waals surface area contributed by atoms with Crippen LogP contribution in [0.15, 0.2) is 24.5 Å². The highest BCUT2D eigenvalue weighted by Crippen LogP contribution is 2.09. The molecule has 0 aromatic carbocycles. The number of imidazole rings is 1. The largest absolute Gasteiger partial charge is 0.316 e. The molecule has 1 N–H and O–H groups in total. The molecule has 0 aliphatic heterocycles. The van der Waals surface area contributed by atoms with Gasteiger partial charge < -0.3 is 9.72 Å². The molecule has 2 aromatic heterocycles. The molecule has 0 unspecified atom stereocenters. The lowest BCUT2D eigenvalue weighted by Crippen LogP contribution is -2.06. The van der Waals surface area contributed by atoms with Gasteiger partial charge in [-0.2, -0.15) is 0 Å². The summed E-state index contributed by atoms with van der Waals surface area (Å²) >= 11 is 0. The standard InChI is InChI=1S/C10H13N3/c1-8-7-13-5-3-4-9(6-11-2)10(13)12-8/h3-5,7,11H,6H2,1-2H3. The van der Waals surface area contributed by atoms with Crippen molar-refractivity contribution < 1.29 is 0 Å². The molecule has 0 atom stereocenters. The van der Waals surface area contributed by atoms with E-state index < -0.39 is 0 Å². The van der Waals surface area contributed by atoms with Gasteiger partial charge in [0, 0.05) is 24.5 Å². The third-order valence-corrected chi connectivity index (χ3v) is 2.05. The second-order valence-electron chi connectivity index (χ2n) is 3.18. The summed E-state index contributed by atoms with van der Waals surface area (Å²) in [6.07, 6.45) is 4.06. The van der Waals surface area contributed by atoms with Gasteiger partial charge in [-0.25, -0.2) is 4.98 Å². The molecule has 13 heavy (non-hydrogen) atoms. The molecule has 2 rings (SSSR count). The Kier molecular flexibility index (Phi) is 2.02. The zero-order valence-corrected chi connectivity index (χ0v) is 7.91. The molecular formula is C10H13N3. The second-order valence-corrected chi connectivity index (χ2v) is 3.18. The third kappa shape index (κ3) is 1.42. The maximum Gasteiger partial charge on any atom is 0.141 e. The number of nitrogens with zero attached hydrogens (tertiary/aromatic N) is 2. The highest BCUT2D eigenvalue weighted by atomic mass is 15.0. The molecule has 68 valence electrons. The van der Waals surface area contributed by atoms with Gasteiger partial charge in [-0.1, -0.05) is 6.07 Å². The van der Waals surface area contributed by atoms with Crippen LogP contribution in [0.1, 0.15) is 11.3 Å². The van der Waals surface area contributed by atoms with Gasteiger partial charge in [0.2, 0.25) is 0 Å². The van der Waals surface area contributed by atoms with Gasteiger partial charge in [-0.15, -0.1) is 0 Å². The van der Waals surface area contributed by atoms with E-state index in [1.54, 1.807) is 0 Å². The number of hydrogen-bond acceptors (Lipinski definition) is 2. The van der Waals surface area contributed by atoms with Crippen LogP contribution in [0.2, 0.25) is 0 Å². The van der Waals surface area contributed by atoms with Crippen molar-refractivity contribution in [1.29, 1.82) is 0 Å². The minimum atomic E-state index is 0.862. The molecule has 0 saturated carbocycles. The van der Waals surface area contributed by atoms with E-state index in [2.05, 4.69) is 20.8 Å². The van der Waals surface area contributed by atoms with Crippen LogP contribution in [0, 0.1) is 6.92 Å². The predicted octanol–water partition coefficient (Wildman–Crippen LogP) is 1.36. The first-order valence-corrected chi connectivity index (χ1v) is 4.39. The Hall–Kier alpha value is -1.35. The molecule has 2 heterocycles. The van der Waals surface area contributed by atoms with E-state index in [-0.39, 0.29) is 0 Å². The minimum Gasteiger partial charge on any atom is -0.316 e. The van der Waals surface area contributed by atoms with E-state index in [1.165, 1.54) is 5.56 Å². The number of nitrogens with one attached hydrogen (secondary N) is 1. The Balaban J connectivity index is 2.60. The van der Waals surface area contributed by atoms with Crippen molar-refractivity contribution in [3.05, 3.63) is 35.8 Å². The Morgan fingerprint density at radius 2 is 2.38 bits per heavy atom. The molecule has 0 spiro atoms. The van der Waals surface area contributed by atoms with Crippen LogP contribution < -0.4 is 5.32 Å². The van der Waals surface area contributed by atoms with Crippen molar-refractivity contribution >= 4 is 5.65 Å². The van der Waals surface area contributed by atoms with Gasteiger partial charge >= 0.3 is 0 Å². The van der Waals surface area contributed by atoms with Crippen LogP contribution in [0.25, 0.3) is 5.65 Å². The molecule has 0 amide bonds. The summed E-state index contributed by atoms with van der Waals surface area (Å²) in [5.74, 6) is 0. The molecular weight excluding hydrogens is 162 g/mol. The number of aryl methyl sites for hydroxylation is 1. The molecule has 0 aliphatic rings. The number of fused-ring (bicyclic) bond motifs is 1. The Labute approximate surface area is 77.4 Å². The average Bonchev–Trinajstić information content (AvgIpc) is 2.47. The molecule has 0 aliphatic carbocycles. The van der Waals surface area contributed by atoms with Crippen molar-refractivity contribution in [2.24, 2.45) is 0 Å². The van der Waals surface area contributed by atoms with Crippen LogP contribution >= 0.6 is 0 Å². The summed E-state index contributed by atoms with van der Waals surface area (Å²) in [6.45, 7) is 2.87. The van der Waals surface area contributed by atoms with Crippen molar-refractivity contribution in [1.82, 2.24) is 14.7 Å². The SMILES string of the molecule is CNCc1cccn2cc(C)nc12. The second kappa shape index (κ2) is 3.18. The number of aromatic nitrogens is 2. The Morgan fingerprint density at radius 3 is 3.15 bits per heavy atom. The number of hydrogen-bond donors (Lipinski definition) is 1. The molecule has 2 aromatic rings. The van der Waals surface area contributed by atoms with Crippen LogP contribution in [0.3, 0.4) is 0 Å². The van der Waals surface area contributed by atoms with Crippen molar-refractivity contribution in [3.8, 4) is 0 Å². The van der Waals surface area contributed by atoms with Crippen molar-refractivity contribution in [3.63, 3.8) is 0 Å². The van der Waals surface area contributed by atoms with Gasteiger partial charge in [0.25, 0.3) is 0 Å². The summed E-state index contributed by atoms with van der Waals surface area (Å²) in [6, 6.07) is 4.14. The lowest BCUT2D eigenvalue weighted by Gasteiger charge is -2.01. The summed E-state index contributed by atoms with van der Waals surface area (Å²) in [5, 5.41) is 3.13. The number of pyridine rings is 1. The predicted molar refractivity (Wildman–Crippen MR) is 52.7 cm³/mol. The van der Waals surface area contributed by atoms with E-state index in [1.807, 2.05) is 32.4 Å². The summed E-state index contributed by atoms with van der Waals surface area (Å²) in [7, 11) is 1.94. The molecule has 3 nitrogen and oxygen atoms in total. The smallest absolute Gasteiger partial charge is 0.141 e. The molecule has 0 radical (unpaired) electrons. The Morgan fingerprint density at radius 1 is 1.54 bits per heavy atom. The highest BCUT2D eigenvalue weighted by molar-refractivity contribution is 5.48. The van der Waals surface area contributed by atoms with E-state index in [0.717, 1.165) is 17.9 Å². The maximum absolute atomic E-state index is 4.45. The van der Waals surface area contributed by atoms with Gasteiger partial charge in [0.05, 0.1) is 5.69 Å². The minimum absolute atomic E-state index is 0.862. The van der Waals surface area contributed by atoms with Gasteiger partial charge in [-0.05, 0) is 20.0 Å². The fourth-order valence-electron chi connectivity index (χ4n) is 1.52. The maximum atomic E-state index is 4.45. The monoisotopic (exact) mass is 175 g/mol. The third-order valence-electron chi connectivity index (χ3n) is 2.05. The first-order valence-electron chi connectivity index (χ1n) is 4.39.